The van der Waals surface area contributed by atoms with Gasteiger partial charge in [0.2, 0.25) is 0 Å². The van der Waals surface area contributed by atoms with Crippen molar-refractivity contribution in [3.05, 3.63) is 18.0 Å². The maximum atomic E-state index is 4.53. The van der Waals surface area contributed by atoms with E-state index in [1.807, 2.05) is 6.20 Å². The van der Waals surface area contributed by atoms with Crippen molar-refractivity contribution < 1.29 is 0 Å². The van der Waals surface area contributed by atoms with Crippen LogP contribution in [0.25, 0.3) is 0 Å². The van der Waals surface area contributed by atoms with E-state index >= 15 is 0 Å². The van der Waals surface area contributed by atoms with E-state index in [1.165, 1.54) is 31.4 Å². The molecule has 20 heavy (non-hydrogen) atoms. The van der Waals surface area contributed by atoms with E-state index in [0.717, 1.165) is 25.4 Å². The monoisotopic (exact) mass is 277 g/mol. The summed E-state index contributed by atoms with van der Waals surface area (Å²) in [7, 11) is 0. The summed E-state index contributed by atoms with van der Waals surface area (Å²) in [6, 6.07) is 2.68. The second kappa shape index (κ2) is 6.75. The van der Waals surface area contributed by atoms with Crippen LogP contribution >= 0.6 is 0 Å². The van der Waals surface area contributed by atoms with Gasteiger partial charge in [0.05, 0.1) is 11.7 Å². The lowest BCUT2D eigenvalue weighted by Crippen LogP contribution is -2.35. The molecule has 114 valence electrons. The van der Waals surface area contributed by atoms with Gasteiger partial charge in [-0.1, -0.05) is 34.1 Å². The summed E-state index contributed by atoms with van der Waals surface area (Å²) < 4.78 is 2.21. The number of aryl methyl sites for hydroxylation is 1. The van der Waals surface area contributed by atoms with Crippen molar-refractivity contribution in [3.8, 4) is 0 Å². The van der Waals surface area contributed by atoms with E-state index in [-0.39, 0.29) is 0 Å². The quantitative estimate of drug-likeness (QED) is 0.811. The van der Waals surface area contributed by atoms with E-state index in [4.69, 9.17) is 0 Å². The van der Waals surface area contributed by atoms with Crippen molar-refractivity contribution in [2.45, 2.75) is 72.4 Å². The van der Waals surface area contributed by atoms with Crippen LogP contribution in [0.15, 0.2) is 12.3 Å². The second-order valence-corrected chi connectivity index (χ2v) is 6.90. The third kappa shape index (κ3) is 3.25. The molecule has 0 amide bonds. The zero-order valence-corrected chi connectivity index (χ0v) is 13.7. The van der Waals surface area contributed by atoms with Crippen molar-refractivity contribution in [1.82, 2.24) is 15.1 Å². The first kappa shape index (κ1) is 15.6. The van der Waals surface area contributed by atoms with Crippen molar-refractivity contribution in [2.75, 3.05) is 6.54 Å². The fraction of sp³-hybridized carbons (Fsp3) is 0.824. The summed E-state index contributed by atoms with van der Waals surface area (Å²) in [6.45, 7) is 11.5. The Morgan fingerprint density at radius 2 is 2.20 bits per heavy atom. The van der Waals surface area contributed by atoms with Gasteiger partial charge in [-0.3, -0.25) is 4.68 Å². The van der Waals surface area contributed by atoms with Crippen molar-refractivity contribution in [2.24, 2.45) is 11.3 Å². The number of hydrogen-bond donors (Lipinski definition) is 1. The third-order valence-corrected chi connectivity index (χ3v) is 4.86. The van der Waals surface area contributed by atoms with Gasteiger partial charge in [0.1, 0.15) is 0 Å². The van der Waals surface area contributed by atoms with Gasteiger partial charge in [0.15, 0.2) is 0 Å². The second-order valence-electron chi connectivity index (χ2n) is 6.90. The Kier molecular flexibility index (Phi) is 5.25. The van der Waals surface area contributed by atoms with Crippen LogP contribution in [0.3, 0.4) is 0 Å². The number of nitrogens with one attached hydrogen (secondary N) is 1. The molecule has 2 atom stereocenters. The first-order valence-corrected chi connectivity index (χ1v) is 8.35. The molecule has 1 aromatic heterocycles. The Balaban J connectivity index is 2.24. The highest BCUT2D eigenvalue weighted by Crippen LogP contribution is 2.48. The number of hydrogen-bond acceptors (Lipinski definition) is 2. The first-order chi connectivity index (χ1) is 9.60. The molecule has 1 heterocycles. The van der Waals surface area contributed by atoms with Crippen molar-refractivity contribution in [1.29, 1.82) is 0 Å². The first-order valence-electron chi connectivity index (χ1n) is 8.35. The largest absolute Gasteiger partial charge is 0.308 e. The van der Waals surface area contributed by atoms with E-state index < -0.39 is 0 Å². The maximum Gasteiger partial charge on any atom is 0.0556 e. The molecule has 1 aliphatic carbocycles. The smallest absolute Gasteiger partial charge is 0.0556 e. The lowest BCUT2D eigenvalue weighted by atomic mass is 9.76. The summed E-state index contributed by atoms with van der Waals surface area (Å²) in [5.41, 5.74) is 1.83. The lowest BCUT2D eigenvalue weighted by molar-refractivity contribution is 0.191. The molecule has 0 aliphatic heterocycles. The molecule has 0 saturated heterocycles. The average Bonchev–Trinajstić information content (AvgIpc) is 2.98. The molecular formula is C17H31N3. The summed E-state index contributed by atoms with van der Waals surface area (Å²) >= 11 is 0. The van der Waals surface area contributed by atoms with Crippen LogP contribution < -0.4 is 5.32 Å². The normalized spacial score (nSPS) is 23.1. The molecule has 0 aromatic carbocycles. The van der Waals surface area contributed by atoms with E-state index in [2.05, 4.69) is 48.9 Å². The molecule has 2 rings (SSSR count). The Morgan fingerprint density at radius 1 is 1.40 bits per heavy atom. The Bertz CT molecular complexity index is 408. The van der Waals surface area contributed by atoms with E-state index in [1.54, 1.807) is 0 Å². The van der Waals surface area contributed by atoms with E-state index in [9.17, 15) is 0 Å². The number of nitrogens with zero attached hydrogens (tertiary/aromatic N) is 2. The molecule has 0 spiro atoms. The highest BCUT2D eigenvalue weighted by molar-refractivity contribution is 5.11. The molecule has 1 aromatic rings. The highest BCUT2D eigenvalue weighted by Gasteiger charge is 2.40. The average molecular weight is 277 g/mol. The molecule has 2 unspecified atom stereocenters. The Morgan fingerprint density at radius 3 is 2.80 bits per heavy atom. The topological polar surface area (TPSA) is 29.9 Å². The molecular weight excluding hydrogens is 246 g/mol. The van der Waals surface area contributed by atoms with Crippen LogP contribution in [0.1, 0.15) is 71.5 Å². The van der Waals surface area contributed by atoms with Crippen LogP contribution in [0.5, 0.6) is 0 Å². The Labute approximate surface area is 124 Å². The van der Waals surface area contributed by atoms with Gasteiger partial charge in [0, 0.05) is 12.7 Å². The zero-order chi connectivity index (χ0) is 14.6. The molecule has 1 fully saturated rings. The van der Waals surface area contributed by atoms with Gasteiger partial charge in [-0.2, -0.15) is 5.10 Å². The lowest BCUT2D eigenvalue weighted by Gasteiger charge is -2.35. The van der Waals surface area contributed by atoms with Crippen LogP contribution in [-0.4, -0.2) is 16.3 Å². The van der Waals surface area contributed by atoms with Crippen molar-refractivity contribution >= 4 is 0 Å². The van der Waals surface area contributed by atoms with Crippen LogP contribution in [0.4, 0.5) is 0 Å². The summed E-state index contributed by atoms with van der Waals surface area (Å²) in [4.78, 5) is 0. The van der Waals surface area contributed by atoms with Gasteiger partial charge in [-0.25, -0.2) is 0 Å². The van der Waals surface area contributed by atoms with Gasteiger partial charge in [0.25, 0.3) is 0 Å². The summed E-state index contributed by atoms with van der Waals surface area (Å²) in [5, 5.41) is 8.34. The van der Waals surface area contributed by atoms with Crippen molar-refractivity contribution in [3.63, 3.8) is 0 Å². The molecule has 0 bridgehead atoms. The number of rotatable bonds is 7. The van der Waals surface area contributed by atoms with Gasteiger partial charge in [-0.05, 0) is 49.6 Å². The number of aromatic nitrogens is 2. The third-order valence-electron chi connectivity index (χ3n) is 4.86. The SMILES string of the molecule is CCCNC(c1ccnn1CCC)C1CCCC1(C)C. The van der Waals surface area contributed by atoms with Crippen LogP contribution in [0.2, 0.25) is 0 Å². The molecule has 1 aliphatic rings. The zero-order valence-electron chi connectivity index (χ0n) is 13.7. The van der Waals surface area contributed by atoms with Crippen LogP contribution in [0, 0.1) is 11.3 Å². The predicted molar refractivity (Wildman–Crippen MR) is 84.7 cm³/mol. The fourth-order valence-corrected chi connectivity index (χ4v) is 3.73. The molecule has 1 N–H and O–H groups in total. The molecule has 3 nitrogen and oxygen atoms in total. The molecule has 1 saturated carbocycles. The predicted octanol–water partition coefficient (Wildman–Crippen LogP) is 4.16. The minimum Gasteiger partial charge on any atom is -0.308 e. The highest BCUT2D eigenvalue weighted by atomic mass is 15.3. The maximum absolute atomic E-state index is 4.53. The minimum absolute atomic E-state index is 0.437. The van der Waals surface area contributed by atoms with Gasteiger partial charge < -0.3 is 5.32 Å². The minimum atomic E-state index is 0.437. The molecule has 0 radical (unpaired) electrons. The molecule has 3 heteroatoms. The summed E-state index contributed by atoms with van der Waals surface area (Å²) in [6.07, 6.45) is 8.35. The fourth-order valence-electron chi connectivity index (χ4n) is 3.73. The Hall–Kier alpha value is -0.830. The van der Waals surface area contributed by atoms with Gasteiger partial charge in [-0.15, -0.1) is 0 Å². The van der Waals surface area contributed by atoms with Gasteiger partial charge >= 0.3 is 0 Å². The van der Waals surface area contributed by atoms with E-state index in [0.29, 0.717) is 11.5 Å². The standard InChI is InChI=1S/C17H31N3/c1-5-11-18-16(14-8-7-10-17(14,3)4)15-9-12-19-20(15)13-6-2/h9,12,14,16,18H,5-8,10-11,13H2,1-4H3. The van der Waals surface area contributed by atoms with Crippen LogP contribution in [-0.2, 0) is 6.54 Å². The summed E-state index contributed by atoms with van der Waals surface area (Å²) in [5.74, 6) is 0.723.